The molecule has 1 saturated heterocycles. The number of benzene rings is 1. The third-order valence-electron chi connectivity index (χ3n) is 4.76. The number of nitrogens with zero attached hydrogens (tertiary/aromatic N) is 1. The predicted molar refractivity (Wildman–Crippen MR) is 82.4 cm³/mol. The molecule has 1 N–H and O–H groups in total. The molecule has 0 spiro atoms. The van der Waals surface area contributed by atoms with E-state index in [0.717, 1.165) is 13.1 Å². The van der Waals surface area contributed by atoms with Crippen molar-refractivity contribution in [2.45, 2.75) is 51.6 Å². The molecule has 1 heterocycles. The minimum absolute atomic E-state index is 0.362. The first-order valence-corrected chi connectivity index (χ1v) is 7.79. The zero-order chi connectivity index (χ0) is 13.7. The zero-order valence-corrected chi connectivity index (χ0v) is 12.7. The molecule has 0 saturated carbocycles. The van der Waals surface area contributed by atoms with Gasteiger partial charge in [0, 0.05) is 24.7 Å². The fourth-order valence-electron chi connectivity index (χ4n) is 3.36. The lowest BCUT2D eigenvalue weighted by molar-refractivity contribution is 0.0314. The third-order valence-corrected chi connectivity index (χ3v) is 4.76. The summed E-state index contributed by atoms with van der Waals surface area (Å²) in [4.78, 5) is 2.72. The first-order chi connectivity index (χ1) is 9.25. The lowest BCUT2D eigenvalue weighted by Crippen LogP contribution is -2.61. The maximum Gasteiger partial charge on any atom is 0.0450 e. The van der Waals surface area contributed by atoms with E-state index in [9.17, 15) is 0 Å². The van der Waals surface area contributed by atoms with E-state index in [4.69, 9.17) is 0 Å². The molecule has 19 heavy (non-hydrogen) atoms. The highest BCUT2D eigenvalue weighted by atomic mass is 15.3. The molecule has 106 valence electrons. The average molecular weight is 260 g/mol. The van der Waals surface area contributed by atoms with Crippen molar-refractivity contribution in [3.05, 3.63) is 35.9 Å². The Morgan fingerprint density at radius 2 is 1.84 bits per heavy atom. The van der Waals surface area contributed by atoms with Crippen LogP contribution in [0.4, 0.5) is 0 Å². The molecule has 1 fully saturated rings. The molecule has 1 aliphatic heterocycles. The van der Waals surface area contributed by atoms with E-state index in [1.807, 2.05) is 0 Å². The van der Waals surface area contributed by atoms with E-state index >= 15 is 0 Å². The molecule has 0 bridgehead atoms. The second-order valence-electron chi connectivity index (χ2n) is 5.72. The number of hydrogen-bond acceptors (Lipinski definition) is 2. The molecule has 1 aliphatic rings. The van der Waals surface area contributed by atoms with Gasteiger partial charge in [-0.3, -0.25) is 4.90 Å². The molecular formula is C17H28N2. The van der Waals surface area contributed by atoms with Gasteiger partial charge < -0.3 is 5.32 Å². The van der Waals surface area contributed by atoms with Crippen LogP contribution in [0, 0.1) is 0 Å². The number of rotatable bonds is 5. The van der Waals surface area contributed by atoms with Crippen LogP contribution >= 0.6 is 0 Å². The summed E-state index contributed by atoms with van der Waals surface area (Å²) in [7, 11) is 0. The van der Waals surface area contributed by atoms with Crippen LogP contribution in [0.15, 0.2) is 30.3 Å². The number of hydrogen-bond donors (Lipinski definition) is 1. The summed E-state index contributed by atoms with van der Waals surface area (Å²) in [5.74, 6) is 0. The molecule has 1 aromatic rings. The van der Waals surface area contributed by atoms with E-state index < -0.39 is 0 Å². The Bertz CT molecular complexity index is 370. The highest BCUT2D eigenvalue weighted by Crippen LogP contribution is 2.31. The molecule has 0 aliphatic carbocycles. The smallest absolute Gasteiger partial charge is 0.0450 e. The van der Waals surface area contributed by atoms with Crippen LogP contribution in [0.2, 0.25) is 0 Å². The van der Waals surface area contributed by atoms with Crippen LogP contribution in [-0.2, 0) is 0 Å². The highest BCUT2D eigenvalue weighted by Gasteiger charge is 2.38. The van der Waals surface area contributed by atoms with E-state index in [1.165, 1.54) is 31.4 Å². The summed E-state index contributed by atoms with van der Waals surface area (Å²) in [5, 5.41) is 3.77. The summed E-state index contributed by atoms with van der Waals surface area (Å²) in [6, 6.07) is 11.3. The van der Waals surface area contributed by atoms with Crippen LogP contribution in [0.1, 0.15) is 51.6 Å². The van der Waals surface area contributed by atoms with Gasteiger partial charge >= 0.3 is 0 Å². The standard InChI is InChI=1S/C17H28N2/c1-4-12-19-13-16(15-10-8-7-9-11-15)18-14-17(19,5-2)6-3/h7-11,16,18H,4-6,12-14H2,1-3H3. The molecule has 0 aromatic heterocycles. The van der Waals surface area contributed by atoms with Crippen LogP contribution < -0.4 is 5.32 Å². The van der Waals surface area contributed by atoms with Crippen molar-refractivity contribution >= 4 is 0 Å². The van der Waals surface area contributed by atoms with Gasteiger partial charge in [-0.05, 0) is 31.4 Å². The monoisotopic (exact) mass is 260 g/mol. The van der Waals surface area contributed by atoms with Crippen molar-refractivity contribution in [2.75, 3.05) is 19.6 Å². The molecule has 1 aromatic carbocycles. The van der Waals surface area contributed by atoms with Crippen molar-refractivity contribution in [1.82, 2.24) is 10.2 Å². The van der Waals surface area contributed by atoms with Gasteiger partial charge in [0.2, 0.25) is 0 Å². The van der Waals surface area contributed by atoms with E-state index in [1.54, 1.807) is 0 Å². The van der Waals surface area contributed by atoms with E-state index in [-0.39, 0.29) is 0 Å². The van der Waals surface area contributed by atoms with Gasteiger partial charge in [-0.25, -0.2) is 0 Å². The van der Waals surface area contributed by atoms with Crippen molar-refractivity contribution in [2.24, 2.45) is 0 Å². The second kappa shape index (κ2) is 6.53. The van der Waals surface area contributed by atoms with Gasteiger partial charge in [-0.1, -0.05) is 51.1 Å². The fraction of sp³-hybridized carbons (Fsp3) is 0.647. The molecule has 2 rings (SSSR count). The Labute approximate surface area is 118 Å². The van der Waals surface area contributed by atoms with Gasteiger partial charge in [0.1, 0.15) is 0 Å². The minimum atomic E-state index is 0.362. The number of nitrogens with one attached hydrogen (secondary N) is 1. The molecule has 0 amide bonds. The van der Waals surface area contributed by atoms with Gasteiger partial charge in [-0.2, -0.15) is 0 Å². The Balaban J connectivity index is 2.14. The minimum Gasteiger partial charge on any atom is -0.307 e. The Kier molecular flexibility index (Phi) is 5.00. The summed E-state index contributed by atoms with van der Waals surface area (Å²) < 4.78 is 0. The molecule has 1 unspecified atom stereocenters. The van der Waals surface area contributed by atoms with Gasteiger partial charge in [0.15, 0.2) is 0 Å². The summed E-state index contributed by atoms with van der Waals surface area (Å²) in [5.41, 5.74) is 1.78. The lowest BCUT2D eigenvalue weighted by Gasteiger charge is -2.50. The topological polar surface area (TPSA) is 15.3 Å². The van der Waals surface area contributed by atoms with E-state index in [0.29, 0.717) is 11.6 Å². The van der Waals surface area contributed by atoms with Gasteiger partial charge in [0.25, 0.3) is 0 Å². The summed E-state index contributed by atoms with van der Waals surface area (Å²) in [6.07, 6.45) is 3.71. The fourth-order valence-corrected chi connectivity index (χ4v) is 3.36. The Hall–Kier alpha value is -0.860. The summed E-state index contributed by atoms with van der Waals surface area (Å²) in [6.45, 7) is 10.4. The molecular weight excluding hydrogens is 232 g/mol. The van der Waals surface area contributed by atoms with Crippen molar-refractivity contribution < 1.29 is 0 Å². The molecule has 1 atom stereocenters. The quantitative estimate of drug-likeness (QED) is 0.870. The highest BCUT2D eigenvalue weighted by molar-refractivity contribution is 5.20. The maximum absolute atomic E-state index is 3.77. The largest absolute Gasteiger partial charge is 0.307 e. The van der Waals surface area contributed by atoms with Crippen molar-refractivity contribution in [3.8, 4) is 0 Å². The Morgan fingerprint density at radius 3 is 2.42 bits per heavy atom. The SMILES string of the molecule is CCCN1CC(c2ccccc2)NCC1(CC)CC. The first-order valence-electron chi connectivity index (χ1n) is 7.79. The molecule has 2 heteroatoms. The second-order valence-corrected chi connectivity index (χ2v) is 5.72. The van der Waals surface area contributed by atoms with Crippen molar-refractivity contribution in [3.63, 3.8) is 0 Å². The van der Waals surface area contributed by atoms with Crippen LogP contribution in [0.5, 0.6) is 0 Å². The average Bonchev–Trinajstić information content (AvgIpc) is 2.49. The van der Waals surface area contributed by atoms with E-state index in [2.05, 4.69) is 61.3 Å². The van der Waals surface area contributed by atoms with Crippen LogP contribution in [0.25, 0.3) is 0 Å². The lowest BCUT2D eigenvalue weighted by atomic mass is 9.86. The summed E-state index contributed by atoms with van der Waals surface area (Å²) >= 11 is 0. The molecule has 2 nitrogen and oxygen atoms in total. The third kappa shape index (κ3) is 3.01. The zero-order valence-electron chi connectivity index (χ0n) is 12.7. The predicted octanol–water partition coefficient (Wildman–Crippen LogP) is 3.60. The van der Waals surface area contributed by atoms with Crippen molar-refractivity contribution in [1.29, 1.82) is 0 Å². The Morgan fingerprint density at radius 1 is 1.16 bits per heavy atom. The van der Waals surface area contributed by atoms with Crippen LogP contribution in [0.3, 0.4) is 0 Å². The van der Waals surface area contributed by atoms with Gasteiger partial charge in [-0.15, -0.1) is 0 Å². The first kappa shape index (κ1) is 14.5. The molecule has 0 radical (unpaired) electrons. The maximum atomic E-state index is 3.77. The normalized spacial score (nSPS) is 23.4. The van der Waals surface area contributed by atoms with Crippen LogP contribution in [-0.4, -0.2) is 30.1 Å². The van der Waals surface area contributed by atoms with Gasteiger partial charge in [0.05, 0.1) is 0 Å². The number of piperazine rings is 1.